The van der Waals surface area contributed by atoms with Gasteiger partial charge in [-0.2, -0.15) is 0 Å². The Morgan fingerprint density at radius 2 is 1.59 bits per heavy atom. The maximum atomic E-state index is 12.0. The van der Waals surface area contributed by atoms with Gasteiger partial charge in [0.15, 0.2) is 6.29 Å². The van der Waals surface area contributed by atoms with E-state index in [9.17, 15) is 30.0 Å². The molecule has 0 bridgehead atoms. The number of benzene rings is 2. The number of carbonyl (C=O) groups excluding carboxylic acids is 2. The molecule has 2 aromatic rings. The summed E-state index contributed by atoms with van der Waals surface area (Å²) >= 11 is 0. The summed E-state index contributed by atoms with van der Waals surface area (Å²) in [7, 11) is 2.55. The summed E-state index contributed by atoms with van der Waals surface area (Å²) in [4.78, 5) is 23.2. The smallest absolute Gasteiger partial charge is 0.306 e. The van der Waals surface area contributed by atoms with Crippen LogP contribution in [-0.2, 0) is 39.7 Å². The lowest BCUT2D eigenvalue weighted by Gasteiger charge is -2.42. The van der Waals surface area contributed by atoms with Crippen LogP contribution in [0.2, 0.25) is 0 Å². The second kappa shape index (κ2) is 12.6. The zero-order valence-corrected chi connectivity index (χ0v) is 21.5. The van der Waals surface area contributed by atoms with E-state index in [4.69, 9.17) is 23.7 Å². The highest BCUT2D eigenvalue weighted by molar-refractivity contribution is 5.77. The molecular weight excluding hydrogens is 516 g/mol. The highest BCUT2D eigenvalue weighted by atomic mass is 16.7. The Hall–Kier alpha value is -3.42. The standard InChI is InChI=1S/C27H32O12/c1-34-21(30)9-10-22(31)36-13-20-23(32)24(33)26(27(35-2)38-20)39-25-17-8-7-16(29)12-18(17)37-19(25)11-14-3-5-15(28)6-4-14/h3-8,12,19-20,23-29,32-33H,9-11,13H2,1-2H3. The second-order valence-electron chi connectivity index (χ2n) is 9.29. The Balaban J connectivity index is 1.46. The first-order valence-corrected chi connectivity index (χ1v) is 12.4. The Kier molecular flexibility index (Phi) is 9.25. The number of hydrogen-bond acceptors (Lipinski definition) is 12. The molecule has 39 heavy (non-hydrogen) atoms. The number of phenols is 2. The van der Waals surface area contributed by atoms with E-state index in [1.54, 1.807) is 30.3 Å². The molecule has 1 fully saturated rings. The number of phenolic OH excluding ortho intramolecular Hbond substituents is 2. The molecule has 0 radical (unpaired) electrons. The van der Waals surface area contributed by atoms with E-state index in [0.29, 0.717) is 17.7 Å². The minimum atomic E-state index is -1.49. The summed E-state index contributed by atoms with van der Waals surface area (Å²) in [6, 6.07) is 11.2. The summed E-state index contributed by atoms with van der Waals surface area (Å²) in [6.45, 7) is -0.386. The minimum Gasteiger partial charge on any atom is -0.508 e. The molecular formula is C27H32O12. The number of aliphatic hydroxyl groups is 2. The van der Waals surface area contributed by atoms with Crippen LogP contribution in [0.4, 0.5) is 0 Å². The summed E-state index contributed by atoms with van der Waals surface area (Å²) in [5, 5.41) is 41.3. The Bertz CT molecular complexity index is 1130. The van der Waals surface area contributed by atoms with Crippen molar-refractivity contribution >= 4 is 11.9 Å². The molecule has 7 unspecified atom stereocenters. The molecule has 2 heterocycles. The van der Waals surface area contributed by atoms with E-state index in [2.05, 4.69) is 4.74 Å². The van der Waals surface area contributed by atoms with E-state index in [0.717, 1.165) is 5.56 Å². The molecule has 12 nitrogen and oxygen atoms in total. The lowest BCUT2D eigenvalue weighted by molar-refractivity contribution is -0.313. The van der Waals surface area contributed by atoms with Crippen molar-refractivity contribution in [3.05, 3.63) is 53.6 Å². The molecule has 4 N–H and O–H groups in total. The van der Waals surface area contributed by atoms with Gasteiger partial charge < -0.3 is 48.8 Å². The molecule has 4 rings (SSSR count). The topological polar surface area (TPSA) is 170 Å². The van der Waals surface area contributed by atoms with E-state index in [1.165, 1.54) is 26.4 Å². The predicted octanol–water partition coefficient (Wildman–Crippen LogP) is 1.12. The zero-order valence-electron chi connectivity index (χ0n) is 21.5. The normalized spacial score (nSPS) is 27.8. The largest absolute Gasteiger partial charge is 0.508 e. The van der Waals surface area contributed by atoms with Crippen LogP contribution >= 0.6 is 0 Å². The van der Waals surface area contributed by atoms with Gasteiger partial charge in [0.05, 0.1) is 20.0 Å². The molecule has 212 valence electrons. The minimum absolute atomic E-state index is 0.00739. The number of methoxy groups -OCH3 is 2. The van der Waals surface area contributed by atoms with Gasteiger partial charge in [-0.3, -0.25) is 9.59 Å². The Labute approximate surface area is 224 Å². The van der Waals surface area contributed by atoms with Crippen molar-refractivity contribution in [2.45, 2.75) is 62.2 Å². The van der Waals surface area contributed by atoms with E-state index >= 15 is 0 Å². The molecule has 7 atom stereocenters. The van der Waals surface area contributed by atoms with Crippen molar-refractivity contribution in [1.29, 1.82) is 0 Å². The van der Waals surface area contributed by atoms with Gasteiger partial charge in [-0.1, -0.05) is 12.1 Å². The lowest BCUT2D eigenvalue weighted by Crippen LogP contribution is -2.60. The number of esters is 2. The third-order valence-electron chi connectivity index (χ3n) is 6.64. The predicted molar refractivity (Wildman–Crippen MR) is 132 cm³/mol. The van der Waals surface area contributed by atoms with E-state index in [1.807, 2.05) is 0 Å². The van der Waals surface area contributed by atoms with Gasteiger partial charge in [0.1, 0.15) is 60.5 Å². The third-order valence-corrected chi connectivity index (χ3v) is 6.64. The SMILES string of the molecule is COC(=O)CCC(=O)OCC1OC(OC)C(OC2c3ccc(O)cc3OC2Cc2ccc(O)cc2)C(O)C1O. The average Bonchev–Trinajstić information content (AvgIpc) is 3.26. The summed E-state index contributed by atoms with van der Waals surface area (Å²) < 4.78 is 33.1. The molecule has 2 aliphatic heterocycles. The highest BCUT2D eigenvalue weighted by Gasteiger charge is 2.49. The van der Waals surface area contributed by atoms with Crippen LogP contribution in [0.15, 0.2) is 42.5 Å². The van der Waals surface area contributed by atoms with Gasteiger partial charge in [-0.05, 0) is 29.8 Å². The van der Waals surface area contributed by atoms with Gasteiger partial charge in [-0.15, -0.1) is 0 Å². The van der Waals surface area contributed by atoms with Gasteiger partial charge in [-0.25, -0.2) is 0 Å². The van der Waals surface area contributed by atoms with Crippen molar-refractivity contribution in [3.8, 4) is 17.2 Å². The first-order valence-electron chi connectivity index (χ1n) is 12.4. The van der Waals surface area contributed by atoms with E-state index in [-0.39, 0.29) is 30.9 Å². The van der Waals surface area contributed by atoms with Crippen LogP contribution in [-0.4, -0.2) is 90.0 Å². The molecule has 0 aromatic heterocycles. The van der Waals surface area contributed by atoms with Crippen molar-refractivity contribution in [3.63, 3.8) is 0 Å². The fourth-order valence-corrected chi connectivity index (χ4v) is 4.56. The average molecular weight is 549 g/mol. The van der Waals surface area contributed by atoms with Crippen LogP contribution in [0.25, 0.3) is 0 Å². The Morgan fingerprint density at radius 1 is 0.897 bits per heavy atom. The van der Waals surface area contributed by atoms with E-state index < -0.39 is 54.9 Å². The number of aromatic hydroxyl groups is 2. The highest BCUT2D eigenvalue weighted by Crippen LogP contribution is 2.44. The number of rotatable bonds is 10. The number of aliphatic hydroxyl groups excluding tert-OH is 2. The van der Waals surface area contributed by atoms with Gasteiger partial charge in [0, 0.05) is 25.2 Å². The molecule has 2 aliphatic rings. The zero-order chi connectivity index (χ0) is 28.1. The molecule has 1 saturated heterocycles. The van der Waals surface area contributed by atoms with Gasteiger partial charge >= 0.3 is 11.9 Å². The quantitative estimate of drug-likeness (QED) is 0.313. The summed E-state index contributed by atoms with van der Waals surface area (Å²) in [5.74, 6) is -0.727. The first-order chi connectivity index (χ1) is 18.7. The lowest BCUT2D eigenvalue weighted by atomic mass is 9.96. The summed E-state index contributed by atoms with van der Waals surface area (Å²) in [6.07, 6.45) is -7.73. The van der Waals surface area contributed by atoms with Crippen LogP contribution in [0, 0.1) is 0 Å². The monoisotopic (exact) mass is 548 g/mol. The molecule has 0 spiro atoms. The van der Waals surface area contributed by atoms with Crippen LogP contribution in [0.3, 0.4) is 0 Å². The number of fused-ring (bicyclic) bond motifs is 1. The molecule has 0 saturated carbocycles. The summed E-state index contributed by atoms with van der Waals surface area (Å²) in [5.41, 5.74) is 1.47. The van der Waals surface area contributed by atoms with Crippen LogP contribution in [0.1, 0.15) is 30.1 Å². The first kappa shape index (κ1) is 28.6. The van der Waals surface area contributed by atoms with Crippen LogP contribution in [0.5, 0.6) is 17.2 Å². The Morgan fingerprint density at radius 3 is 2.28 bits per heavy atom. The van der Waals surface area contributed by atoms with Crippen molar-refractivity contribution in [2.24, 2.45) is 0 Å². The van der Waals surface area contributed by atoms with Crippen molar-refractivity contribution in [1.82, 2.24) is 0 Å². The fourth-order valence-electron chi connectivity index (χ4n) is 4.56. The maximum Gasteiger partial charge on any atom is 0.306 e. The third kappa shape index (κ3) is 6.78. The second-order valence-corrected chi connectivity index (χ2v) is 9.29. The number of ether oxygens (including phenoxy) is 6. The van der Waals surface area contributed by atoms with Crippen molar-refractivity contribution in [2.75, 3.05) is 20.8 Å². The van der Waals surface area contributed by atoms with Gasteiger partial charge in [0.25, 0.3) is 0 Å². The number of hydrogen-bond donors (Lipinski definition) is 4. The number of carbonyl (C=O) groups is 2. The molecule has 2 aromatic carbocycles. The fraction of sp³-hybridized carbons (Fsp3) is 0.481. The maximum absolute atomic E-state index is 12.0. The molecule has 12 heteroatoms. The van der Waals surface area contributed by atoms with Crippen LogP contribution < -0.4 is 4.74 Å². The molecule has 0 amide bonds. The molecule has 0 aliphatic carbocycles. The van der Waals surface area contributed by atoms with Crippen molar-refractivity contribution < 1.29 is 58.4 Å². The van der Waals surface area contributed by atoms with Gasteiger partial charge in [0.2, 0.25) is 0 Å².